The molecule has 2 heterocycles. The van der Waals surface area contributed by atoms with Crippen molar-refractivity contribution in [3.8, 4) is 5.75 Å². The van der Waals surface area contributed by atoms with E-state index >= 15 is 0 Å². The zero-order valence-electron chi connectivity index (χ0n) is 10.6. The van der Waals surface area contributed by atoms with E-state index in [0.717, 1.165) is 27.1 Å². The third-order valence-electron chi connectivity index (χ3n) is 2.95. The van der Waals surface area contributed by atoms with Gasteiger partial charge in [-0.3, -0.25) is 4.79 Å². The minimum Gasteiger partial charge on any atom is -0.481 e. The molecule has 104 valence electrons. The lowest BCUT2D eigenvalue weighted by molar-refractivity contribution is -0.136. The number of thioether (sulfide) groups is 1. The molecular formula is C14H13NO3S2. The van der Waals surface area contributed by atoms with Crippen LogP contribution in [-0.4, -0.2) is 21.8 Å². The van der Waals surface area contributed by atoms with Crippen LogP contribution in [0.25, 0.3) is 0 Å². The predicted molar refractivity (Wildman–Crippen MR) is 78.6 cm³/mol. The SMILES string of the molecule is O=C(O)CCc1csc(C2CSc3ccccc3O2)n1. The summed E-state index contributed by atoms with van der Waals surface area (Å²) < 4.78 is 5.97. The average molecular weight is 307 g/mol. The van der Waals surface area contributed by atoms with E-state index in [-0.39, 0.29) is 12.5 Å². The fourth-order valence-electron chi connectivity index (χ4n) is 1.96. The smallest absolute Gasteiger partial charge is 0.303 e. The Balaban J connectivity index is 1.70. The Morgan fingerprint density at radius 1 is 1.45 bits per heavy atom. The number of hydrogen-bond acceptors (Lipinski definition) is 5. The van der Waals surface area contributed by atoms with Crippen molar-refractivity contribution < 1.29 is 14.6 Å². The molecule has 0 saturated heterocycles. The largest absolute Gasteiger partial charge is 0.481 e. The Morgan fingerprint density at radius 2 is 2.30 bits per heavy atom. The van der Waals surface area contributed by atoms with E-state index < -0.39 is 5.97 Å². The van der Waals surface area contributed by atoms with Crippen molar-refractivity contribution in [1.82, 2.24) is 4.98 Å². The zero-order valence-corrected chi connectivity index (χ0v) is 12.2. The lowest BCUT2D eigenvalue weighted by atomic mass is 10.2. The molecule has 6 heteroatoms. The number of aryl methyl sites for hydroxylation is 1. The maximum absolute atomic E-state index is 10.6. The van der Waals surface area contributed by atoms with Crippen molar-refractivity contribution in [3.63, 3.8) is 0 Å². The highest BCUT2D eigenvalue weighted by Crippen LogP contribution is 2.40. The summed E-state index contributed by atoms with van der Waals surface area (Å²) in [6, 6.07) is 7.98. The first-order valence-corrected chi connectivity index (χ1v) is 8.13. The first kappa shape index (κ1) is 13.5. The van der Waals surface area contributed by atoms with Crippen molar-refractivity contribution >= 4 is 29.1 Å². The number of rotatable bonds is 4. The van der Waals surface area contributed by atoms with E-state index in [0.29, 0.717) is 6.42 Å². The van der Waals surface area contributed by atoms with Crippen LogP contribution in [0.5, 0.6) is 5.75 Å². The van der Waals surface area contributed by atoms with Crippen molar-refractivity contribution in [2.75, 3.05) is 5.75 Å². The van der Waals surface area contributed by atoms with Crippen molar-refractivity contribution in [3.05, 3.63) is 40.3 Å². The number of hydrogen-bond donors (Lipinski definition) is 1. The van der Waals surface area contributed by atoms with Gasteiger partial charge in [0.25, 0.3) is 0 Å². The molecule has 0 fully saturated rings. The van der Waals surface area contributed by atoms with E-state index in [2.05, 4.69) is 11.1 Å². The summed E-state index contributed by atoms with van der Waals surface area (Å²) in [5, 5.41) is 11.5. The number of aromatic nitrogens is 1. The van der Waals surface area contributed by atoms with Gasteiger partial charge in [-0.1, -0.05) is 12.1 Å². The molecular weight excluding hydrogens is 294 g/mol. The number of fused-ring (bicyclic) bond motifs is 1. The molecule has 0 saturated carbocycles. The van der Waals surface area contributed by atoms with Crippen LogP contribution in [0.1, 0.15) is 23.2 Å². The summed E-state index contributed by atoms with van der Waals surface area (Å²) >= 11 is 3.31. The number of benzene rings is 1. The van der Waals surface area contributed by atoms with E-state index in [1.165, 1.54) is 0 Å². The number of carboxylic acid groups (broad SMARTS) is 1. The summed E-state index contributed by atoms with van der Waals surface area (Å²) in [4.78, 5) is 16.2. The quantitative estimate of drug-likeness (QED) is 0.938. The van der Waals surface area contributed by atoms with E-state index in [1.807, 2.05) is 23.6 Å². The predicted octanol–water partition coefficient (Wildman–Crippen LogP) is 3.39. The molecule has 0 aliphatic carbocycles. The molecule has 0 bridgehead atoms. The molecule has 0 spiro atoms. The number of carbonyl (C=O) groups is 1. The van der Waals surface area contributed by atoms with Crippen LogP contribution < -0.4 is 4.74 Å². The van der Waals surface area contributed by atoms with Gasteiger partial charge in [-0.15, -0.1) is 23.1 Å². The van der Waals surface area contributed by atoms with E-state index in [9.17, 15) is 4.79 Å². The van der Waals surface area contributed by atoms with Crippen molar-refractivity contribution in [1.29, 1.82) is 0 Å². The lowest BCUT2D eigenvalue weighted by Crippen LogP contribution is -2.14. The second kappa shape index (κ2) is 5.85. The summed E-state index contributed by atoms with van der Waals surface area (Å²) in [5.41, 5.74) is 0.833. The maximum Gasteiger partial charge on any atom is 0.303 e. The van der Waals surface area contributed by atoms with Crippen LogP contribution >= 0.6 is 23.1 Å². The minimum atomic E-state index is -0.794. The third kappa shape index (κ3) is 2.96. The fraction of sp³-hybridized carbons (Fsp3) is 0.286. The van der Waals surface area contributed by atoms with Gasteiger partial charge in [0, 0.05) is 22.4 Å². The molecule has 1 aromatic heterocycles. The lowest BCUT2D eigenvalue weighted by Gasteiger charge is -2.23. The normalized spacial score (nSPS) is 17.3. The number of ether oxygens (including phenoxy) is 1. The van der Waals surface area contributed by atoms with Gasteiger partial charge in [0.1, 0.15) is 10.8 Å². The average Bonchev–Trinajstić information content (AvgIpc) is 2.93. The fourth-order valence-corrected chi connectivity index (χ4v) is 3.94. The van der Waals surface area contributed by atoms with Gasteiger partial charge >= 0.3 is 5.97 Å². The Morgan fingerprint density at radius 3 is 3.15 bits per heavy atom. The monoisotopic (exact) mass is 307 g/mol. The van der Waals surface area contributed by atoms with Gasteiger partial charge < -0.3 is 9.84 Å². The van der Waals surface area contributed by atoms with Crippen molar-refractivity contribution in [2.24, 2.45) is 0 Å². The van der Waals surface area contributed by atoms with Crippen LogP contribution in [0.3, 0.4) is 0 Å². The highest BCUT2D eigenvalue weighted by atomic mass is 32.2. The van der Waals surface area contributed by atoms with Gasteiger partial charge in [0.05, 0.1) is 12.1 Å². The second-order valence-electron chi connectivity index (χ2n) is 4.44. The molecule has 1 unspecified atom stereocenters. The highest BCUT2D eigenvalue weighted by molar-refractivity contribution is 7.99. The summed E-state index contributed by atoms with van der Waals surface area (Å²) in [7, 11) is 0. The van der Waals surface area contributed by atoms with E-state index in [4.69, 9.17) is 9.84 Å². The van der Waals surface area contributed by atoms with Gasteiger partial charge in [0.2, 0.25) is 0 Å². The van der Waals surface area contributed by atoms with Crippen LogP contribution in [-0.2, 0) is 11.2 Å². The van der Waals surface area contributed by atoms with Crippen LogP contribution in [0.15, 0.2) is 34.5 Å². The Kier molecular flexibility index (Phi) is 3.93. The first-order chi connectivity index (χ1) is 9.72. The number of thiazole rings is 1. The summed E-state index contributed by atoms with van der Waals surface area (Å²) in [6.07, 6.45) is 0.549. The molecule has 0 radical (unpaired) electrons. The molecule has 0 amide bonds. The zero-order chi connectivity index (χ0) is 13.9. The molecule has 4 nitrogen and oxygen atoms in total. The van der Waals surface area contributed by atoms with Gasteiger partial charge in [-0.25, -0.2) is 4.98 Å². The number of para-hydroxylation sites is 1. The second-order valence-corrected chi connectivity index (χ2v) is 6.39. The number of nitrogens with zero attached hydrogens (tertiary/aromatic N) is 1. The molecule has 3 rings (SSSR count). The molecule has 1 aromatic carbocycles. The van der Waals surface area contributed by atoms with Gasteiger partial charge in [0.15, 0.2) is 6.10 Å². The number of aliphatic carboxylic acids is 1. The molecule has 1 aliphatic heterocycles. The first-order valence-electron chi connectivity index (χ1n) is 6.27. The van der Waals surface area contributed by atoms with Gasteiger partial charge in [-0.2, -0.15) is 0 Å². The molecule has 1 aliphatic rings. The third-order valence-corrected chi connectivity index (χ3v) is 5.05. The highest BCUT2D eigenvalue weighted by Gasteiger charge is 2.24. The molecule has 20 heavy (non-hydrogen) atoms. The summed E-state index contributed by atoms with van der Waals surface area (Å²) in [5.74, 6) is 0.942. The van der Waals surface area contributed by atoms with E-state index in [1.54, 1.807) is 23.1 Å². The Labute approximate surface area is 124 Å². The molecule has 1 N–H and O–H groups in total. The summed E-state index contributed by atoms with van der Waals surface area (Å²) in [6.45, 7) is 0. The van der Waals surface area contributed by atoms with Crippen LogP contribution in [0.2, 0.25) is 0 Å². The number of carboxylic acids is 1. The molecule has 1 atom stereocenters. The minimum absolute atomic E-state index is 0.0431. The van der Waals surface area contributed by atoms with Crippen LogP contribution in [0.4, 0.5) is 0 Å². The van der Waals surface area contributed by atoms with Crippen molar-refractivity contribution in [2.45, 2.75) is 23.8 Å². The Hall–Kier alpha value is -1.53. The molecule has 2 aromatic rings. The van der Waals surface area contributed by atoms with Crippen LogP contribution in [0, 0.1) is 0 Å². The Bertz CT molecular complexity index is 626. The standard InChI is InChI=1S/C14H13NO3S2/c16-13(17)6-5-9-7-20-14(15-9)11-8-19-12-4-2-1-3-10(12)18-11/h1-4,7,11H,5-6,8H2,(H,16,17). The van der Waals surface area contributed by atoms with Gasteiger partial charge in [-0.05, 0) is 12.1 Å². The maximum atomic E-state index is 10.6. The topological polar surface area (TPSA) is 59.4 Å².